The average molecular weight is 364 g/mol. The summed E-state index contributed by atoms with van der Waals surface area (Å²) in [5, 5.41) is 3.40. The smallest absolute Gasteiger partial charge is 0.123 e. The fourth-order valence-corrected chi connectivity index (χ4v) is 3.78. The number of pyridine rings is 1. The van der Waals surface area contributed by atoms with Gasteiger partial charge in [-0.05, 0) is 72.5 Å². The van der Waals surface area contributed by atoms with Crippen molar-refractivity contribution in [3.63, 3.8) is 0 Å². The molecule has 3 aromatic rings. The highest BCUT2D eigenvalue weighted by Gasteiger charge is 2.16. The first-order valence-corrected chi connectivity index (χ1v) is 9.61. The molecule has 1 aromatic carbocycles. The second kappa shape index (κ2) is 8.46. The highest BCUT2D eigenvalue weighted by Crippen LogP contribution is 2.35. The van der Waals surface area contributed by atoms with Crippen LogP contribution in [0.3, 0.4) is 0 Å². The van der Waals surface area contributed by atoms with E-state index in [4.69, 9.17) is 0 Å². The van der Waals surface area contributed by atoms with Gasteiger partial charge in [0.25, 0.3) is 0 Å². The quantitative estimate of drug-likeness (QED) is 0.701. The van der Waals surface area contributed by atoms with Crippen molar-refractivity contribution in [1.82, 2.24) is 20.2 Å². The molecule has 0 spiro atoms. The average Bonchev–Trinajstić information content (AvgIpc) is 3.14. The third kappa shape index (κ3) is 4.26. The molecule has 4 rings (SSSR count). The van der Waals surface area contributed by atoms with E-state index in [1.807, 2.05) is 36.7 Å². The van der Waals surface area contributed by atoms with E-state index in [0.29, 0.717) is 0 Å². The summed E-state index contributed by atoms with van der Waals surface area (Å²) in [5.74, 6) is -0.216. The van der Waals surface area contributed by atoms with Crippen LogP contribution < -0.4 is 5.32 Å². The summed E-state index contributed by atoms with van der Waals surface area (Å²) in [5.41, 5.74) is 5.68. The number of hydrogen-bond acceptors (Lipinski definition) is 3. The van der Waals surface area contributed by atoms with Crippen LogP contribution in [0.4, 0.5) is 4.39 Å². The minimum Gasteiger partial charge on any atom is -0.360 e. The zero-order valence-corrected chi connectivity index (χ0v) is 15.4. The molecule has 0 aliphatic carbocycles. The number of aryl methyl sites for hydroxylation is 1. The van der Waals surface area contributed by atoms with Crippen LogP contribution in [0.5, 0.6) is 0 Å². The number of rotatable bonds is 6. The number of nitrogens with zero attached hydrogens (tertiary/aromatic N) is 2. The highest BCUT2D eigenvalue weighted by atomic mass is 19.1. The SMILES string of the molecule is Fc1ccc(-c2[nH]cc(CCCN3CCNCC3)c2-c2ccncc2)cc1. The maximum absolute atomic E-state index is 13.3. The van der Waals surface area contributed by atoms with Gasteiger partial charge in [0, 0.05) is 50.3 Å². The number of piperazine rings is 1. The molecule has 0 saturated carbocycles. The van der Waals surface area contributed by atoms with Crippen molar-refractivity contribution in [3.05, 3.63) is 66.4 Å². The van der Waals surface area contributed by atoms with Crippen LogP contribution in [0.1, 0.15) is 12.0 Å². The number of halogens is 1. The molecule has 0 radical (unpaired) electrons. The summed E-state index contributed by atoms with van der Waals surface area (Å²) >= 11 is 0. The van der Waals surface area contributed by atoms with Crippen LogP contribution in [0.25, 0.3) is 22.4 Å². The maximum atomic E-state index is 13.3. The molecule has 0 amide bonds. The predicted molar refractivity (Wildman–Crippen MR) is 107 cm³/mol. The van der Waals surface area contributed by atoms with Gasteiger partial charge in [-0.3, -0.25) is 4.98 Å². The van der Waals surface area contributed by atoms with E-state index < -0.39 is 0 Å². The molecular formula is C22H25FN4. The minimum absolute atomic E-state index is 0.216. The van der Waals surface area contributed by atoms with Crippen LogP contribution in [0, 0.1) is 5.82 Å². The summed E-state index contributed by atoms with van der Waals surface area (Å²) in [6.07, 6.45) is 7.88. The van der Waals surface area contributed by atoms with Crippen molar-refractivity contribution in [2.24, 2.45) is 0 Å². The van der Waals surface area contributed by atoms with Crippen LogP contribution in [0.2, 0.25) is 0 Å². The third-order valence-corrected chi connectivity index (χ3v) is 5.19. The molecule has 1 saturated heterocycles. The number of aromatic amines is 1. The number of hydrogen-bond donors (Lipinski definition) is 2. The standard InChI is InChI=1S/C22H25FN4/c23-20-5-3-18(4-6-20)22-21(17-7-9-24-10-8-17)19(16-26-22)2-1-13-27-14-11-25-12-15-27/h3-10,16,25-26H,1-2,11-15H2. The van der Waals surface area contributed by atoms with Crippen LogP contribution in [-0.2, 0) is 6.42 Å². The summed E-state index contributed by atoms with van der Waals surface area (Å²) in [7, 11) is 0. The molecule has 0 atom stereocenters. The zero-order valence-electron chi connectivity index (χ0n) is 15.4. The molecule has 1 aliphatic rings. The third-order valence-electron chi connectivity index (χ3n) is 5.19. The van der Waals surface area contributed by atoms with E-state index in [1.54, 1.807) is 0 Å². The number of benzene rings is 1. The second-order valence-corrected chi connectivity index (χ2v) is 7.00. The Morgan fingerprint density at radius 1 is 0.963 bits per heavy atom. The van der Waals surface area contributed by atoms with Crippen LogP contribution >= 0.6 is 0 Å². The van der Waals surface area contributed by atoms with Crippen LogP contribution in [-0.4, -0.2) is 47.6 Å². The Morgan fingerprint density at radius 2 is 1.70 bits per heavy atom. The molecule has 27 heavy (non-hydrogen) atoms. The Hall–Kier alpha value is -2.50. The first-order valence-electron chi connectivity index (χ1n) is 9.61. The van der Waals surface area contributed by atoms with E-state index in [0.717, 1.165) is 62.4 Å². The summed E-state index contributed by atoms with van der Waals surface area (Å²) in [6.45, 7) is 5.55. The Balaban J connectivity index is 1.58. The Bertz CT molecular complexity index is 852. The number of aromatic nitrogens is 2. The van der Waals surface area contributed by atoms with Crippen LogP contribution in [0.15, 0.2) is 55.0 Å². The monoisotopic (exact) mass is 364 g/mol. The molecule has 0 unspecified atom stereocenters. The Labute approximate surface area is 159 Å². The molecule has 4 nitrogen and oxygen atoms in total. The lowest BCUT2D eigenvalue weighted by Crippen LogP contribution is -2.43. The van der Waals surface area contributed by atoms with E-state index in [1.165, 1.54) is 23.3 Å². The van der Waals surface area contributed by atoms with Gasteiger partial charge in [-0.25, -0.2) is 4.39 Å². The molecular weight excluding hydrogens is 339 g/mol. The van der Waals surface area contributed by atoms with E-state index in [2.05, 4.69) is 26.4 Å². The predicted octanol–water partition coefficient (Wildman–Crippen LogP) is 3.72. The molecule has 5 heteroatoms. The molecule has 140 valence electrons. The van der Waals surface area contributed by atoms with Gasteiger partial charge in [0.05, 0.1) is 5.69 Å². The lowest BCUT2D eigenvalue weighted by atomic mass is 9.96. The minimum atomic E-state index is -0.216. The van der Waals surface area contributed by atoms with Gasteiger partial charge in [-0.1, -0.05) is 0 Å². The van der Waals surface area contributed by atoms with E-state index in [-0.39, 0.29) is 5.82 Å². The summed E-state index contributed by atoms with van der Waals surface area (Å²) in [6, 6.07) is 10.8. The van der Waals surface area contributed by atoms with Gasteiger partial charge in [0.15, 0.2) is 0 Å². The van der Waals surface area contributed by atoms with Crippen molar-refractivity contribution in [2.75, 3.05) is 32.7 Å². The second-order valence-electron chi connectivity index (χ2n) is 7.00. The Kier molecular flexibility index (Phi) is 5.61. The zero-order chi connectivity index (χ0) is 18.5. The largest absolute Gasteiger partial charge is 0.360 e. The van der Waals surface area contributed by atoms with Gasteiger partial charge in [-0.15, -0.1) is 0 Å². The molecule has 0 bridgehead atoms. The maximum Gasteiger partial charge on any atom is 0.123 e. The van der Waals surface area contributed by atoms with Gasteiger partial charge in [0.1, 0.15) is 5.82 Å². The number of H-pyrrole nitrogens is 1. The van der Waals surface area contributed by atoms with E-state index in [9.17, 15) is 4.39 Å². The topological polar surface area (TPSA) is 44.0 Å². The van der Waals surface area contributed by atoms with E-state index >= 15 is 0 Å². The Morgan fingerprint density at radius 3 is 2.44 bits per heavy atom. The van der Waals surface area contributed by atoms with Crippen molar-refractivity contribution in [3.8, 4) is 22.4 Å². The molecule has 2 aromatic heterocycles. The summed E-state index contributed by atoms with van der Waals surface area (Å²) in [4.78, 5) is 10.1. The first-order chi connectivity index (χ1) is 13.3. The lowest BCUT2D eigenvalue weighted by molar-refractivity contribution is 0.238. The van der Waals surface area contributed by atoms with Gasteiger partial charge >= 0.3 is 0 Å². The fraction of sp³-hybridized carbons (Fsp3) is 0.318. The van der Waals surface area contributed by atoms with Gasteiger partial charge < -0.3 is 15.2 Å². The van der Waals surface area contributed by atoms with Crippen molar-refractivity contribution < 1.29 is 4.39 Å². The van der Waals surface area contributed by atoms with Gasteiger partial charge in [0.2, 0.25) is 0 Å². The number of nitrogens with one attached hydrogen (secondary N) is 2. The van der Waals surface area contributed by atoms with Gasteiger partial charge in [-0.2, -0.15) is 0 Å². The molecule has 2 N–H and O–H groups in total. The fourth-order valence-electron chi connectivity index (χ4n) is 3.78. The normalized spacial score (nSPS) is 15.1. The molecule has 1 aliphatic heterocycles. The first kappa shape index (κ1) is 17.9. The molecule has 1 fully saturated rings. The highest BCUT2D eigenvalue weighted by molar-refractivity contribution is 5.83. The lowest BCUT2D eigenvalue weighted by Gasteiger charge is -2.27. The van der Waals surface area contributed by atoms with Crippen molar-refractivity contribution >= 4 is 0 Å². The molecule has 3 heterocycles. The van der Waals surface area contributed by atoms with Crippen molar-refractivity contribution in [2.45, 2.75) is 12.8 Å². The van der Waals surface area contributed by atoms with Crippen molar-refractivity contribution in [1.29, 1.82) is 0 Å². The summed E-state index contributed by atoms with van der Waals surface area (Å²) < 4.78 is 13.3.